The van der Waals surface area contributed by atoms with Crippen LogP contribution in [0.4, 0.5) is 0 Å². The summed E-state index contributed by atoms with van der Waals surface area (Å²) in [6.45, 7) is 5.30. The number of hydrogen-bond donors (Lipinski definition) is 2. The Labute approximate surface area is 126 Å². The number of carbonyl (C=O) groups excluding carboxylic acids is 1. The Hall–Kier alpha value is -1.40. The first-order valence-corrected chi connectivity index (χ1v) is 7.80. The molecule has 1 aliphatic heterocycles. The molecule has 0 aliphatic carbocycles. The lowest BCUT2D eigenvalue weighted by Crippen LogP contribution is -2.45. The quantitative estimate of drug-likeness (QED) is 0.770. The van der Waals surface area contributed by atoms with E-state index in [0.717, 1.165) is 25.2 Å². The molecule has 1 atom stereocenters. The molecule has 1 aromatic heterocycles. The number of carbonyl (C=O) groups is 1. The molecule has 0 spiro atoms. The van der Waals surface area contributed by atoms with Gasteiger partial charge in [-0.1, -0.05) is 6.42 Å². The second-order valence-electron chi connectivity index (χ2n) is 5.66. The van der Waals surface area contributed by atoms with Gasteiger partial charge >= 0.3 is 0 Å². The molecule has 6 heteroatoms. The topological polar surface area (TPSA) is 70.4 Å². The molecule has 1 unspecified atom stereocenters. The van der Waals surface area contributed by atoms with E-state index in [1.165, 1.54) is 12.8 Å². The highest BCUT2D eigenvalue weighted by Crippen LogP contribution is 2.15. The second-order valence-corrected chi connectivity index (χ2v) is 5.66. The molecule has 2 rings (SSSR count). The highest BCUT2D eigenvalue weighted by atomic mass is 16.3. The molecule has 118 valence electrons. The van der Waals surface area contributed by atoms with Gasteiger partial charge in [0.05, 0.1) is 6.61 Å². The summed E-state index contributed by atoms with van der Waals surface area (Å²) in [6, 6.07) is 2.20. The van der Waals surface area contributed by atoms with Crippen LogP contribution in [0.15, 0.2) is 12.3 Å². The normalized spacial score (nSPS) is 19.6. The Morgan fingerprint density at radius 1 is 1.48 bits per heavy atom. The van der Waals surface area contributed by atoms with Gasteiger partial charge in [0.25, 0.3) is 0 Å². The third-order valence-electron chi connectivity index (χ3n) is 4.16. The summed E-state index contributed by atoms with van der Waals surface area (Å²) < 4.78 is 1.84. The van der Waals surface area contributed by atoms with Crippen LogP contribution in [-0.2, 0) is 11.3 Å². The smallest absolute Gasteiger partial charge is 0.221 e. The van der Waals surface area contributed by atoms with Crippen molar-refractivity contribution in [2.75, 3.05) is 26.2 Å². The van der Waals surface area contributed by atoms with Gasteiger partial charge in [-0.3, -0.25) is 14.4 Å². The Balaban J connectivity index is 1.63. The van der Waals surface area contributed by atoms with Crippen molar-refractivity contribution in [1.82, 2.24) is 20.0 Å². The van der Waals surface area contributed by atoms with Crippen LogP contribution in [0.3, 0.4) is 0 Å². The van der Waals surface area contributed by atoms with E-state index < -0.39 is 0 Å². The van der Waals surface area contributed by atoms with Crippen molar-refractivity contribution in [3.63, 3.8) is 0 Å². The van der Waals surface area contributed by atoms with E-state index in [9.17, 15) is 9.90 Å². The van der Waals surface area contributed by atoms with E-state index in [1.807, 2.05) is 17.7 Å². The van der Waals surface area contributed by atoms with Gasteiger partial charge in [0, 0.05) is 44.0 Å². The molecule has 1 amide bonds. The lowest BCUT2D eigenvalue weighted by atomic mass is 10.0. The molecule has 1 fully saturated rings. The van der Waals surface area contributed by atoms with Crippen LogP contribution in [0.2, 0.25) is 0 Å². The van der Waals surface area contributed by atoms with Crippen LogP contribution in [0, 0.1) is 6.92 Å². The van der Waals surface area contributed by atoms with Gasteiger partial charge in [-0.25, -0.2) is 0 Å². The first-order valence-electron chi connectivity index (χ1n) is 7.80. The van der Waals surface area contributed by atoms with Crippen molar-refractivity contribution in [1.29, 1.82) is 0 Å². The zero-order chi connectivity index (χ0) is 15.1. The van der Waals surface area contributed by atoms with E-state index >= 15 is 0 Å². The molecule has 2 N–H and O–H groups in total. The minimum absolute atomic E-state index is 0.0578. The molecule has 0 saturated carbocycles. The van der Waals surface area contributed by atoms with Crippen LogP contribution >= 0.6 is 0 Å². The molecule has 1 aromatic rings. The molecule has 6 nitrogen and oxygen atoms in total. The zero-order valence-corrected chi connectivity index (χ0v) is 12.8. The van der Waals surface area contributed by atoms with E-state index in [4.69, 9.17) is 0 Å². The Kier molecular flexibility index (Phi) is 6.20. The van der Waals surface area contributed by atoms with E-state index in [0.29, 0.717) is 19.5 Å². The fraction of sp³-hybridized carbons (Fsp3) is 0.733. The van der Waals surface area contributed by atoms with Gasteiger partial charge in [-0.2, -0.15) is 5.10 Å². The van der Waals surface area contributed by atoms with Crippen molar-refractivity contribution < 1.29 is 9.90 Å². The summed E-state index contributed by atoms with van der Waals surface area (Å²) in [5, 5.41) is 16.5. The number of aryl methyl sites for hydroxylation is 2. The average Bonchev–Trinajstić information content (AvgIpc) is 2.91. The van der Waals surface area contributed by atoms with Crippen LogP contribution in [-0.4, -0.2) is 58.0 Å². The van der Waals surface area contributed by atoms with Crippen molar-refractivity contribution in [2.24, 2.45) is 0 Å². The number of amides is 1. The van der Waals surface area contributed by atoms with Crippen molar-refractivity contribution in [3.8, 4) is 0 Å². The monoisotopic (exact) mass is 294 g/mol. The summed E-state index contributed by atoms with van der Waals surface area (Å²) in [5.41, 5.74) is 1.07. The molecule has 0 aromatic carbocycles. The number of nitrogens with one attached hydrogen (secondary N) is 1. The Morgan fingerprint density at radius 3 is 3.05 bits per heavy atom. The third kappa shape index (κ3) is 4.82. The maximum absolute atomic E-state index is 11.8. The van der Waals surface area contributed by atoms with Gasteiger partial charge in [-0.15, -0.1) is 0 Å². The Morgan fingerprint density at radius 2 is 2.33 bits per heavy atom. The first-order chi connectivity index (χ1) is 10.2. The second kappa shape index (κ2) is 8.14. The average molecular weight is 294 g/mol. The highest BCUT2D eigenvalue weighted by molar-refractivity contribution is 5.75. The molecule has 1 aliphatic rings. The first kappa shape index (κ1) is 16.0. The number of aliphatic hydroxyl groups is 1. The van der Waals surface area contributed by atoms with Crippen LogP contribution in [0.25, 0.3) is 0 Å². The van der Waals surface area contributed by atoms with Crippen molar-refractivity contribution in [3.05, 3.63) is 18.0 Å². The number of nitrogens with zero attached hydrogens (tertiary/aromatic N) is 3. The summed E-state index contributed by atoms with van der Waals surface area (Å²) in [5.74, 6) is 0.0578. The number of piperidine rings is 1. The summed E-state index contributed by atoms with van der Waals surface area (Å²) in [6.07, 6.45) is 5.63. The maximum atomic E-state index is 11.8. The van der Waals surface area contributed by atoms with Crippen molar-refractivity contribution in [2.45, 2.75) is 45.2 Å². The SMILES string of the molecule is Cc1ccnn1CCC(=O)NCCN1CCCCC1CO. The standard InChI is InChI=1S/C15H26N4O2/c1-13-5-7-17-19(13)10-6-15(21)16-8-11-18-9-3-2-4-14(18)12-20/h5,7,14,20H,2-4,6,8-12H2,1H3,(H,16,21). The maximum Gasteiger partial charge on any atom is 0.221 e. The molecule has 0 bridgehead atoms. The lowest BCUT2D eigenvalue weighted by molar-refractivity contribution is -0.121. The van der Waals surface area contributed by atoms with Gasteiger partial charge in [0.2, 0.25) is 5.91 Å². The van der Waals surface area contributed by atoms with Crippen molar-refractivity contribution >= 4 is 5.91 Å². The summed E-state index contributed by atoms with van der Waals surface area (Å²) >= 11 is 0. The van der Waals surface area contributed by atoms with E-state index in [2.05, 4.69) is 15.3 Å². The molecule has 2 heterocycles. The molecule has 1 saturated heterocycles. The lowest BCUT2D eigenvalue weighted by Gasteiger charge is -2.34. The van der Waals surface area contributed by atoms with Crippen LogP contribution in [0.1, 0.15) is 31.4 Å². The number of aromatic nitrogens is 2. The van der Waals surface area contributed by atoms with Crippen LogP contribution < -0.4 is 5.32 Å². The highest BCUT2D eigenvalue weighted by Gasteiger charge is 2.20. The number of aliphatic hydroxyl groups excluding tert-OH is 1. The molecule has 21 heavy (non-hydrogen) atoms. The number of hydrogen-bond acceptors (Lipinski definition) is 4. The van der Waals surface area contributed by atoms with Gasteiger partial charge in [0.15, 0.2) is 0 Å². The molecule has 0 radical (unpaired) electrons. The van der Waals surface area contributed by atoms with E-state index in [-0.39, 0.29) is 18.6 Å². The summed E-state index contributed by atoms with van der Waals surface area (Å²) in [4.78, 5) is 14.1. The minimum Gasteiger partial charge on any atom is -0.395 e. The largest absolute Gasteiger partial charge is 0.395 e. The van der Waals surface area contributed by atoms with Gasteiger partial charge in [0.1, 0.15) is 0 Å². The minimum atomic E-state index is 0.0578. The van der Waals surface area contributed by atoms with Gasteiger partial charge in [-0.05, 0) is 32.4 Å². The van der Waals surface area contributed by atoms with Gasteiger partial charge < -0.3 is 10.4 Å². The van der Waals surface area contributed by atoms with Crippen LogP contribution in [0.5, 0.6) is 0 Å². The predicted octanol–water partition coefficient (Wildman–Crippen LogP) is 0.545. The molecular formula is C15H26N4O2. The molecular weight excluding hydrogens is 268 g/mol. The fourth-order valence-electron chi connectivity index (χ4n) is 2.83. The fourth-order valence-corrected chi connectivity index (χ4v) is 2.83. The number of rotatable bonds is 7. The summed E-state index contributed by atoms with van der Waals surface area (Å²) in [7, 11) is 0. The third-order valence-corrected chi connectivity index (χ3v) is 4.16. The predicted molar refractivity (Wildman–Crippen MR) is 80.9 cm³/mol. The zero-order valence-electron chi connectivity index (χ0n) is 12.8. The number of likely N-dealkylation sites (tertiary alicyclic amines) is 1. The van der Waals surface area contributed by atoms with E-state index in [1.54, 1.807) is 6.20 Å². The Bertz CT molecular complexity index is 447.